The molecule has 1 aromatic carbocycles. The Balaban J connectivity index is 1.37. The van der Waals surface area contributed by atoms with Crippen molar-refractivity contribution < 1.29 is 9.18 Å². The van der Waals surface area contributed by atoms with Crippen LogP contribution in [0.15, 0.2) is 48.8 Å². The number of anilines is 2. The molecule has 3 aromatic rings. The van der Waals surface area contributed by atoms with Gasteiger partial charge in [-0.1, -0.05) is 12.1 Å². The number of piperidine rings is 1. The van der Waals surface area contributed by atoms with Crippen molar-refractivity contribution in [1.29, 1.82) is 0 Å². The number of rotatable bonds is 5. The van der Waals surface area contributed by atoms with Crippen molar-refractivity contribution in [3.63, 3.8) is 0 Å². The van der Waals surface area contributed by atoms with Crippen LogP contribution in [0.4, 0.5) is 16.0 Å². The lowest BCUT2D eigenvalue weighted by molar-refractivity contribution is -0.117. The summed E-state index contributed by atoms with van der Waals surface area (Å²) in [6.45, 7) is 3.79. The van der Waals surface area contributed by atoms with Gasteiger partial charge in [0, 0.05) is 35.3 Å². The molecule has 4 rings (SSSR count). The third-order valence-electron chi connectivity index (χ3n) is 5.50. The van der Waals surface area contributed by atoms with Crippen LogP contribution in [0.5, 0.6) is 0 Å². The molecular formula is C23H25FN6O. The summed E-state index contributed by atoms with van der Waals surface area (Å²) in [5.74, 6) is -0.0642. The third kappa shape index (κ3) is 5.21. The average molecular weight is 420 g/mol. The highest BCUT2D eigenvalue weighted by Gasteiger charge is 2.24. The summed E-state index contributed by atoms with van der Waals surface area (Å²) in [6.07, 6.45) is 5.25. The number of hydrogen-bond donors (Lipinski definition) is 2. The van der Waals surface area contributed by atoms with Gasteiger partial charge >= 0.3 is 0 Å². The second-order valence-corrected chi connectivity index (χ2v) is 7.83. The molecule has 1 fully saturated rings. The third-order valence-corrected chi connectivity index (χ3v) is 5.50. The normalized spacial score (nSPS) is 15.0. The first kappa shape index (κ1) is 20.9. The molecule has 3 heterocycles. The smallest absolute Gasteiger partial charge is 0.238 e. The molecule has 1 saturated heterocycles. The van der Waals surface area contributed by atoms with Crippen LogP contribution in [0.25, 0.3) is 11.1 Å². The molecule has 0 aliphatic carbocycles. The SMILES string of the molecule is Cc1cc(-c2cnc(N)nc2)cc(C2CCN(CC(=O)Nc3ccccc3F)CC2)n1. The number of nitrogens with zero attached hydrogens (tertiary/aromatic N) is 4. The number of hydrogen-bond acceptors (Lipinski definition) is 6. The van der Waals surface area contributed by atoms with Crippen molar-refractivity contribution in [3.05, 3.63) is 66.0 Å². The van der Waals surface area contributed by atoms with Crippen molar-refractivity contribution in [3.8, 4) is 11.1 Å². The quantitative estimate of drug-likeness (QED) is 0.657. The molecule has 3 N–H and O–H groups in total. The van der Waals surface area contributed by atoms with E-state index in [9.17, 15) is 9.18 Å². The Morgan fingerprint density at radius 1 is 1.16 bits per heavy atom. The van der Waals surface area contributed by atoms with E-state index >= 15 is 0 Å². The highest BCUT2D eigenvalue weighted by atomic mass is 19.1. The van der Waals surface area contributed by atoms with Gasteiger partial charge in [0.25, 0.3) is 0 Å². The largest absolute Gasteiger partial charge is 0.368 e. The standard InChI is InChI=1S/C23H25FN6O/c1-15-10-17(18-12-26-23(25)27-13-18)11-21(28-15)16-6-8-30(9-7-16)14-22(31)29-20-5-3-2-4-19(20)24/h2-5,10-13,16H,6-9,14H2,1H3,(H,29,31)(H2,25,26,27). The first-order chi connectivity index (χ1) is 15.0. The van der Waals surface area contributed by atoms with Gasteiger partial charge in [0.1, 0.15) is 5.82 Å². The zero-order valence-corrected chi connectivity index (χ0v) is 17.4. The Kier molecular flexibility index (Phi) is 6.18. The van der Waals surface area contributed by atoms with Gasteiger partial charge in [0.15, 0.2) is 0 Å². The monoisotopic (exact) mass is 420 g/mol. The number of para-hydroxylation sites is 1. The van der Waals surface area contributed by atoms with E-state index in [2.05, 4.69) is 26.3 Å². The van der Waals surface area contributed by atoms with Gasteiger partial charge in [-0.15, -0.1) is 0 Å². The van der Waals surface area contributed by atoms with E-state index in [1.165, 1.54) is 6.07 Å². The molecule has 8 heteroatoms. The Morgan fingerprint density at radius 3 is 2.58 bits per heavy atom. The van der Waals surface area contributed by atoms with Crippen molar-refractivity contribution in [2.45, 2.75) is 25.7 Å². The minimum atomic E-state index is -0.428. The molecule has 1 amide bonds. The Hall–Kier alpha value is -3.39. The maximum absolute atomic E-state index is 13.7. The number of halogens is 1. The minimum absolute atomic E-state index is 0.206. The number of pyridine rings is 1. The minimum Gasteiger partial charge on any atom is -0.368 e. The molecule has 0 saturated carbocycles. The highest BCUT2D eigenvalue weighted by molar-refractivity contribution is 5.92. The number of carbonyl (C=O) groups excluding carboxylic acids is 1. The van der Waals surface area contributed by atoms with Crippen LogP contribution in [0.3, 0.4) is 0 Å². The number of aromatic nitrogens is 3. The average Bonchev–Trinajstić information content (AvgIpc) is 2.76. The van der Waals surface area contributed by atoms with E-state index in [0.717, 1.165) is 48.4 Å². The van der Waals surface area contributed by atoms with Crippen molar-refractivity contribution in [2.75, 3.05) is 30.7 Å². The Morgan fingerprint density at radius 2 is 1.87 bits per heavy atom. The molecule has 0 radical (unpaired) electrons. The number of amides is 1. The summed E-state index contributed by atoms with van der Waals surface area (Å²) in [4.78, 5) is 27.3. The van der Waals surface area contributed by atoms with E-state index in [1.807, 2.05) is 13.0 Å². The second-order valence-electron chi connectivity index (χ2n) is 7.83. The molecule has 2 aromatic heterocycles. The first-order valence-corrected chi connectivity index (χ1v) is 10.3. The molecule has 0 atom stereocenters. The molecule has 0 unspecified atom stereocenters. The number of nitrogens with two attached hydrogens (primary N) is 1. The summed E-state index contributed by atoms with van der Waals surface area (Å²) in [7, 11) is 0. The topological polar surface area (TPSA) is 97.0 Å². The predicted molar refractivity (Wildman–Crippen MR) is 118 cm³/mol. The Bertz CT molecular complexity index is 1060. The lowest BCUT2D eigenvalue weighted by Gasteiger charge is -2.31. The summed E-state index contributed by atoms with van der Waals surface area (Å²) in [6, 6.07) is 10.3. The van der Waals surface area contributed by atoms with Crippen molar-refractivity contribution in [2.24, 2.45) is 0 Å². The maximum atomic E-state index is 13.7. The van der Waals surface area contributed by atoms with E-state index in [-0.39, 0.29) is 24.1 Å². The van der Waals surface area contributed by atoms with Gasteiger partial charge in [0.2, 0.25) is 11.9 Å². The van der Waals surface area contributed by atoms with Gasteiger partial charge in [0.05, 0.1) is 12.2 Å². The van der Waals surface area contributed by atoms with Crippen LogP contribution in [0, 0.1) is 12.7 Å². The van der Waals surface area contributed by atoms with Gasteiger partial charge < -0.3 is 11.1 Å². The van der Waals surface area contributed by atoms with Gasteiger partial charge in [-0.2, -0.15) is 0 Å². The van der Waals surface area contributed by atoms with Crippen LogP contribution in [0.1, 0.15) is 30.1 Å². The van der Waals surface area contributed by atoms with Gasteiger partial charge in [-0.3, -0.25) is 14.7 Å². The van der Waals surface area contributed by atoms with Crippen LogP contribution in [-0.2, 0) is 4.79 Å². The highest BCUT2D eigenvalue weighted by Crippen LogP contribution is 2.30. The van der Waals surface area contributed by atoms with E-state index in [1.54, 1.807) is 30.6 Å². The van der Waals surface area contributed by atoms with Crippen molar-refractivity contribution >= 4 is 17.5 Å². The van der Waals surface area contributed by atoms with Gasteiger partial charge in [-0.05, 0) is 62.7 Å². The molecule has 1 aliphatic rings. The number of benzene rings is 1. The van der Waals surface area contributed by atoms with Crippen LogP contribution in [-0.4, -0.2) is 45.4 Å². The molecule has 1 aliphatic heterocycles. The number of nitrogens with one attached hydrogen (secondary N) is 1. The number of aryl methyl sites for hydroxylation is 1. The molecule has 7 nitrogen and oxygen atoms in total. The lowest BCUT2D eigenvalue weighted by Crippen LogP contribution is -2.39. The Labute approximate surface area is 180 Å². The summed E-state index contributed by atoms with van der Waals surface area (Å²) in [5, 5.41) is 2.65. The van der Waals surface area contributed by atoms with Crippen LogP contribution < -0.4 is 11.1 Å². The molecule has 160 valence electrons. The predicted octanol–water partition coefficient (Wildman–Crippen LogP) is 3.39. The summed E-state index contributed by atoms with van der Waals surface area (Å²) < 4.78 is 13.7. The fraction of sp³-hybridized carbons (Fsp3) is 0.304. The summed E-state index contributed by atoms with van der Waals surface area (Å²) >= 11 is 0. The van der Waals surface area contributed by atoms with E-state index < -0.39 is 5.82 Å². The molecule has 0 bridgehead atoms. The summed E-state index contributed by atoms with van der Waals surface area (Å²) in [5.41, 5.74) is 9.72. The van der Waals surface area contributed by atoms with E-state index in [0.29, 0.717) is 5.92 Å². The number of likely N-dealkylation sites (tertiary alicyclic amines) is 1. The second kappa shape index (κ2) is 9.18. The zero-order chi connectivity index (χ0) is 21.8. The molecule has 0 spiro atoms. The number of carbonyl (C=O) groups is 1. The van der Waals surface area contributed by atoms with Gasteiger partial charge in [-0.25, -0.2) is 14.4 Å². The zero-order valence-electron chi connectivity index (χ0n) is 17.4. The van der Waals surface area contributed by atoms with Crippen LogP contribution in [0.2, 0.25) is 0 Å². The number of nitrogen functional groups attached to an aromatic ring is 1. The van der Waals surface area contributed by atoms with E-state index in [4.69, 9.17) is 10.7 Å². The maximum Gasteiger partial charge on any atom is 0.238 e. The first-order valence-electron chi connectivity index (χ1n) is 10.3. The fourth-order valence-corrected chi connectivity index (χ4v) is 3.90. The lowest BCUT2D eigenvalue weighted by atomic mass is 9.91. The van der Waals surface area contributed by atoms with Crippen LogP contribution >= 0.6 is 0 Å². The molecule has 31 heavy (non-hydrogen) atoms. The van der Waals surface area contributed by atoms with Crippen molar-refractivity contribution in [1.82, 2.24) is 19.9 Å². The molecular weight excluding hydrogens is 395 g/mol. The fourth-order valence-electron chi connectivity index (χ4n) is 3.90.